The average Bonchev–Trinajstić information content (AvgIpc) is 3.23. The van der Waals surface area contributed by atoms with Gasteiger partial charge in [0.15, 0.2) is 0 Å². The Hall–Kier alpha value is -0.400. The summed E-state index contributed by atoms with van der Waals surface area (Å²) >= 11 is -1.79. The molecule has 110 valence electrons. The minimum atomic E-state index is -1.79. The van der Waals surface area contributed by atoms with Crippen LogP contribution in [-0.4, -0.2) is 6.16 Å². The summed E-state index contributed by atoms with van der Waals surface area (Å²) in [5.74, 6) is 0. The molecule has 0 aromatic heterocycles. The average molecular weight is 413 g/mol. The van der Waals surface area contributed by atoms with E-state index in [1.54, 1.807) is 0 Å². The Kier molecular flexibility index (Phi) is 11.8. The van der Waals surface area contributed by atoms with Crippen LogP contribution >= 0.6 is 17.0 Å². The molecule has 0 spiro atoms. The molecule has 3 aromatic rings. The predicted molar refractivity (Wildman–Crippen MR) is 93.1 cm³/mol. The molecule has 0 bridgehead atoms. The van der Waals surface area contributed by atoms with Crippen molar-refractivity contribution in [3.63, 3.8) is 0 Å². The second-order valence-corrected chi connectivity index (χ2v) is 23.1. The fourth-order valence-electron chi connectivity index (χ4n) is 1.45. The van der Waals surface area contributed by atoms with Crippen molar-refractivity contribution in [2.24, 2.45) is 0 Å². The van der Waals surface area contributed by atoms with Gasteiger partial charge in [-0.15, -0.1) is 0 Å². The van der Waals surface area contributed by atoms with E-state index in [4.69, 9.17) is 17.0 Å². The molecule has 0 aliphatic carbocycles. The zero-order valence-electron chi connectivity index (χ0n) is 11.7. The maximum absolute atomic E-state index is 5.83. The molecule has 0 saturated heterocycles. The van der Waals surface area contributed by atoms with Crippen LogP contribution in [0.5, 0.6) is 0 Å². The van der Waals surface area contributed by atoms with E-state index in [2.05, 4.69) is 24.3 Å². The molecule has 0 saturated carbocycles. The van der Waals surface area contributed by atoms with Crippen LogP contribution in [0.4, 0.5) is 0 Å². The Morgan fingerprint density at radius 3 is 1.57 bits per heavy atom. The van der Waals surface area contributed by atoms with E-state index < -0.39 is 18.0 Å². The van der Waals surface area contributed by atoms with Crippen molar-refractivity contribution < 1.29 is 18.0 Å². The van der Waals surface area contributed by atoms with E-state index >= 15 is 0 Å². The monoisotopic (exact) mass is 410 g/mol. The van der Waals surface area contributed by atoms with Crippen LogP contribution in [-0.2, 0) is 24.0 Å². The molecular formula is C17H18Cl2SiZr-2. The van der Waals surface area contributed by atoms with Gasteiger partial charge >= 0.3 is 83.1 Å². The maximum Gasteiger partial charge on any atom is -0.172 e. The van der Waals surface area contributed by atoms with E-state index in [1.165, 1.54) is 5.56 Å². The molecule has 0 heterocycles. The molecule has 0 fully saturated rings. The molecule has 0 amide bonds. The summed E-state index contributed by atoms with van der Waals surface area (Å²) in [6, 6.07) is 31.5. The van der Waals surface area contributed by atoms with E-state index in [-0.39, 0.29) is 0 Å². The zero-order valence-corrected chi connectivity index (χ0v) is 16.8. The van der Waals surface area contributed by atoms with Crippen LogP contribution in [0.15, 0.2) is 91.0 Å². The minimum Gasteiger partial charge on any atom is -0.214 e. The van der Waals surface area contributed by atoms with Gasteiger partial charge in [0, 0.05) is 0 Å². The van der Waals surface area contributed by atoms with Gasteiger partial charge in [0.1, 0.15) is 0 Å². The Balaban J connectivity index is 0.000000181. The number of rotatable bonds is 2. The van der Waals surface area contributed by atoms with Crippen molar-refractivity contribution in [1.29, 1.82) is 0 Å². The van der Waals surface area contributed by atoms with Crippen LogP contribution in [0.1, 0.15) is 5.56 Å². The summed E-state index contributed by atoms with van der Waals surface area (Å²) in [6.45, 7) is 0. The van der Waals surface area contributed by atoms with Crippen LogP contribution < -0.4 is 0 Å². The molecule has 0 aliphatic rings. The first-order chi connectivity index (χ1) is 10.3. The van der Waals surface area contributed by atoms with Gasteiger partial charge in [-0.25, -0.2) is 24.3 Å². The molecule has 0 nitrogen and oxygen atoms in total. The third-order valence-electron chi connectivity index (χ3n) is 2.45. The van der Waals surface area contributed by atoms with Crippen molar-refractivity contribution in [3.05, 3.63) is 96.6 Å². The van der Waals surface area contributed by atoms with E-state index in [9.17, 15) is 0 Å². The standard InChI is InChI=1S/C7H8Si.2C5H5.2ClH.Zr/c8-6-7-4-2-1-3-5-7;2*1-2-4-5-3-1;;;/h1-5,8H,6H2;2*1-5H;2*1H;/q;2*-1;;;+2/p-2. The van der Waals surface area contributed by atoms with Gasteiger partial charge in [-0.1, -0.05) is 0 Å². The van der Waals surface area contributed by atoms with E-state index in [1.807, 2.05) is 66.7 Å². The summed E-state index contributed by atoms with van der Waals surface area (Å²) in [7, 11) is 11.7. The van der Waals surface area contributed by atoms with Crippen LogP contribution in [0.25, 0.3) is 0 Å². The first-order valence-corrected chi connectivity index (χ1v) is 18.7. The molecule has 0 aliphatic heterocycles. The number of benzene rings is 1. The fraction of sp³-hybridized carbons (Fsp3) is 0.0588. The number of hydrogen-bond acceptors (Lipinski definition) is 0. The SMILES string of the molecule is [Cl][Zr]([Cl])=[SiH]Cc1ccccc1.c1cc[cH-]c1.c1cc[cH-]c1. The predicted octanol–water partition coefficient (Wildman–Crippen LogP) is 5.27. The Labute approximate surface area is 143 Å². The quantitative estimate of drug-likeness (QED) is 0.397. The van der Waals surface area contributed by atoms with Crippen molar-refractivity contribution in [3.8, 4) is 0 Å². The molecule has 0 N–H and O–H groups in total. The molecule has 3 rings (SSSR count). The molecular weight excluding hydrogens is 394 g/mol. The summed E-state index contributed by atoms with van der Waals surface area (Å²) < 4.78 is 0. The second kappa shape index (κ2) is 13.3. The third-order valence-corrected chi connectivity index (χ3v) is 12.7. The van der Waals surface area contributed by atoms with Gasteiger partial charge in [-0.05, 0) is 0 Å². The van der Waals surface area contributed by atoms with E-state index in [0.29, 0.717) is 6.16 Å². The smallest absolute Gasteiger partial charge is 0.172 e. The van der Waals surface area contributed by atoms with Crippen molar-refractivity contribution in [2.75, 3.05) is 0 Å². The van der Waals surface area contributed by atoms with E-state index in [0.717, 1.165) is 6.04 Å². The van der Waals surface area contributed by atoms with Gasteiger partial charge in [0.25, 0.3) is 0 Å². The zero-order chi connectivity index (χ0) is 15.2. The van der Waals surface area contributed by atoms with Crippen LogP contribution in [0.3, 0.4) is 0 Å². The Bertz CT molecular complexity index is 495. The topological polar surface area (TPSA) is 0 Å². The summed E-state index contributed by atoms with van der Waals surface area (Å²) in [6.07, 6.45) is 0.334. The van der Waals surface area contributed by atoms with Gasteiger partial charge in [0.05, 0.1) is 0 Å². The summed E-state index contributed by atoms with van der Waals surface area (Å²) in [4.78, 5) is 0. The Morgan fingerprint density at radius 1 is 0.762 bits per heavy atom. The van der Waals surface area contributed by atoms with Gasteiger partial charge in [0.2, 0.25) is 0 Å². The van der Waals surface area contributed by atoms with Crippen LogP contribution in [0, 0.1) is 0 Å². The molecule has 0 unspecified atom stereocenters. The molecule has 0 atom stereocenters. The molecule has 0 radical (unpaired) electrons. The van der Waals surface area contributed by atoms with Gasteiger partial charge in [-0.3, -0.25) is 0 Å². The number of halogens is 2. The normalized spacial score (nSPS) is 8.67. The van der Waals surface area contributed by atoms with Crippen LogP contribution in [0.2, 0.25) is 0 Å². The Morgan fingerprint density at radius 2 is 1.24 bits per heavy atom. The molecule has 3 aromatic carbocycles. The first-order valence-electron chi connectivity index (χ1n) is 6.67. The summed E-state index contributed by atoms with van der Waals surface area (Å²) in [5.41, 5.74) is 1.38. The van der Waals surface area contributed by atoms with Crippen molar-refractivity contribution >= 4 is 23.2 Å². The summed E-state index contributed by atoms with van der Waals surface area (Å²) in [5, 5.41) is 0. The fourth-order valence-corrected chi connectivity index (χ4v) is 7.73. The van der Waals surface area contributed by atoms with Gasteiger partial charge in [-0.2, -0.15) is 36.4 Å². The second-order valence-electron chi connectivity index (χ2n) is 4.11. The molecule has 4 heteroatoms. The minimum absolute atomic E-state index is 0.334. The maximum atomic E-state index is 5.83. The van der Waals surface area contributed by atoms with Crippen molar-refractivity contribution in [1.82, 2.24) is 0 Å². The van der Waals surface area contributed by atoms with Crippen molar-refractivity contribution in [2.45, 2.75) is 6.04 Å². The number of hydrogen-bond donors (Lipinski definition) is 0. The third kappa shape index (κ3) is 11.9. The van der Waals surface area contributed by atoms with Gasteiger partial charge < -0.3 is 0 Å². The largest absolute Gasteiger partial charge is 0.214 e. The first kappa shape index (κ1) is 18.6. The molecule has 21 heavy (non-hydrogen) atoms.